The lowest BCUT2D eigenvalue weighted by molar-refractivity contribution is -0.145. The SMILES string of the molecule is CC1(C)CN(C(=O)Cc2cnn(-c3ccccc3)n2)CCO1. The van der Waals surface area contributed by atoms with Crippen molar-refractivity contribution >= 4 is 5.91 Å². The van der Waals surface area contributed by atoms with Crippen molar-refractivity contribution in [1.29, 1.82) is 0 Å². The third-order valence-corrected chi connectivity index (χ3v) is 3.64. The van der Waals surface area contributed by atoms with Crippen LogP contribution in [0, 0.1) is 0 Å². The van der Waals surface area contributed by atoms with Crippen molar-refractivity contribution in [2.24, 2.45) is 0 Å². The van der Waals surface area contributed by atoms with Gasteiger partial charge in [-0.15, -0.1) is 0 Å². The van der Waals surface area contributed by atoms with Crippen LogP contribution in [0.15, 0.2) is 36.5 Å². The summed E-state index contributed by atoms with van der Waals surface area (Å²) in [5.74, 6) is 0.0662. The minimum absolute atomic E-state index is 0.0662. The van der Waals surface area contributed by atoms with Gasteiger partial charge < -0.3 is 9.64 Å². The molecule has 1 aromatic heterocycles. The van der Waals surface area contributed by atoms with Crippen LogP contribution in [0.3, 0.4) is 0 Å². The van der Waals surface area contributed by atoms with E-state index in [2.05, 4.69) is 10.2 Å². The molecule has 0 bridgehead atoms. The first-order valence-electron chi connectivity index (χ1n) is 7.42. The maximum atomic E-state index is 12.4. The standard InChI is InChI=1S/C16H20N4O2/c1-16(2)12-19(8-9-22-16)15(21)10-13-11-17-20(18-13)14-6-4-3-5-7-14/h3-7,11H,8-10,12H2,1-2H3. The van der Waals surface area contributed by atoms with Gasteiger partial charge in [-0.2, -0.15) is 15.0 Å². The predicted molar refractivity (Wildman–Crippen MR) is 81.7 cm³/mol. The maximum Gasteiger partial charge on any atom is 0.228 e. The van der Waals surface area contributed by atoms with E-state index < -0.39 is 0 Å². The first-order valence-corrected chi connectivity index (χ1v) is 7.42. The van der Waals surface area contributed by atoms with Crippen LogP contribution in [0.2, 0.25) is 0 Å². The van der Waals surface area contributed by atoms with E-state index in [1.807, 2.05) is 49.1 Å². The number of hydrogen-bond donors (Lipinski definition) is 0. The van der Waals surface area contributed by atoms with Gasteiger partial charge in [0, 0.05) is 13.1 Å². The van der Waals surface area contributed by atoms with Gasteiger partial charge in [0.05, 0.1) is 36.2 Å². The summed E-state index contributed by atoms with van der Waals surface area (Å²) >= 11 is 0. The van der Waals surface area contributed by atoms with E-state index >= 15 is 0 Å². The molecule has 0 N–H and O–H groups in total. The molecule has 2 aromatic rings. The number of ether oxygens (including phenoxy) is 1. The van der Waals surface area contributed by atoms with E-state index in [0.717, 1.165) is 5.69 Å². The minimum atomic E-state index is -0.282. The average molecular weight is 300 g/mol. The van der Waals surface area contributed by atoms with Gasteiger partial charge in [0.1, 0.15) is 0 Å². The largest absolute Gasteiger partial charge is 0.372 e. The van der Waals surface area contributed by atoms with E-state index in [1.54, 1.807) is 11.0 Å². The van der Waals surface area contributed by atoms with Crippen LogP contribution in [0.4, 0.5) is 0 Å². The summed E-state index contributed by atoms with van der Waals surface area (Å²) in [6.45, 7) is 5.82. The molecule has 1 amide bonds. The third-order valence-electron chi connectivity index (χ3n) is 3.64. The highest BCUT2D eigenvalue weighted by Gasteiger charge is 2.30. The second-order valence-electron chi connectivity index (χ2n) is 6.06. The highest BCUT2D eigenvalue weighted by Crippen LogP contribution is 2.17. The Kier molecular flexibility index (Phi) is 3.94. The van der Waals surface area contributed by atoms with Gasteiger partial charge in [-0.05, 0) is 26.0 Å². The molecule has 1 saturated heterocycles. The fourth-order valence-corrected chi connectivity index (χ4v) is 2.56. The van der Waals surface area contributed by atoms with E-state index in [1.165, 1.54) is 0 Å². The van der Waals surface area contributed by atoms with E-state index in [4.69, 9.17) is 4.74 Å². The quantitative estimate of drug-likeness (QED) is 0.861. The lowest BCUT2D eigenvalue weighted by Crippen LogP contribution is -2.51. The number of para-hydroxylation sites is 1. The van der Waals surface area contributed by atoms with Crippen molar-refractivity contribution < 1.29 is 9.53 Å². The first kappa shape index (κ1) is 14.7. The molecule has 1 aromatic carbocycles. The number of carbonyl (C=O) groups excluding carboxylic acids is 1. The number of nitrogens with zero attached hydrogens (tertiary/aromatic N) is 4. The molecular formula is C16H20N4O2. The number of benzene rings is 1. The van der Waals surface area contributed by atoms with Crippen molar-refractivity contribution in [3.63, 3.8) is 0 Å². The van der Waals surface area contributed by atoms with Crippen LogP contribution >= 0.6 is 0 Å². The van der Waals surface area contributed by atoms with Gasteiger partial charge in [0.25, 0.3) is 0 Å². The second-order valence-corrected chi connectivity index (χ2v) is 6.06. The molecule has 0 aliphatic carbocycles. The lowest BCUT2D eigenvalue weighted by Gasteiger charge is -2.38. The number of carbonyl (C=O) groups is 1. The molecule has 0 unspecified atom stereocenters. The van der Waals surface area contributed by atoms with Crippen LogP contribution in [0.1, 0.15) is 19.5 Å². The van der Waals surface area contributed by atoms with Crippen LogP contribution in [0.5, 0.6) is 0 Å². The maximum absolute atomic E-state index is 12.4. The summed E-state index contributed by atoms with van der Waals surface area (Å²) in [6.07, 6.45) is 1.92. The highest BCUT2D eigenvalue weighted by atomic mass is 16.5. The zero-order chi connectivity index (χ0) is 15.6. The fraction of sp³-hybridized carbons (Fsp3) is 0.438. The molecule has 6 heteroatoms. The molecule has 0 radical (unpaired) electrons. The normalized spacial score (nSPS) is 17.5. The molecule has 3 rings (SSSR count). The topological polar surface area (TPSA) is 60.2 Å². The summed E-state index contributed by atoms with van der Waals surface area (Å²) in [4.78, 5) is 15.8. The smallest absolute Gasteiger partial charge is 0.228 e. The Bertz CT molecular complexity index is 651. The van der Waals surface area contributed by atoms with Crippen molar-refractivity contribution in [1.82, 2.24) is 19.9 Å². The number of aromatic nitrogens is 3. The van der Waals surface area contributed by atoms with E-state index in [9.17, 15) is 4.79 Å². The summed E-state index contributed by atoms with van der Waals surface area (Å²) in [5.41, 5.74) is 1.28. The molecule has 1 aliphatic heterocycles. The van der Waals surface area contributed by atoms with Crippen LogP contribution < -0.4 is 0 Å². The van der Waals surface area contributed by atoms with Gasteiger partial charge in [-0.1, -0.05) is 18.2 Å². The van der Waals surface area contributed by atoms with Gasteiger partial charge in [-0.25, -0.2) is 0 Å². The molecule has 6 nitrogen and oxygen atoms in total. The Labute approximate surface area is 129 Å². The van der Waals surface area contributed by atoms with Gasteiger partial charge in [0.15, 0.2) is 0 Å². The Morgan fingerprint density at radius 2 is 2.09 bits per heavy atom. The molecule has 22 heavy (non-hydrogen) atoms. The summed E-state index contributed by atoms with van der Waals surface area (Å²) in [6, 6.07) is 9.66. The number of amides is 1. The van der Waals surface area contributed by atoms with Crippen molar-refractivity contribution in [2.75, 3.05) is 19.7 Å². The monoisotopic (exact) mass is 300 g/mol. The van der Waals surface area contributed by atoms with Crippen molar-refractivity contribution in [3.8, 4) is 5.69 Å². The van der Waals surface area contributed by atoms with Crippen LogP contribution in [0.25, 0.3) is 5.69 Å². The molecule has 1 aliphatic rings. The van der Waals surface area contributed by atoms with E-state index in [-0.39, 0.29) is 17.9 Å². The molecule has 1 fully saturated rings. The lowest BCUT2D eigenvalue weighted by atomic mass is 10.1. The summed E-state index contributed by atoms with van der Waals surface area (Å²) in [7, 11) is 0. The van der Waals surface area contributed by atoms with Gasteiger partial charge >= 0.3 is 0 Å². The number of morpholine rings is 1. The van der Waals surface area contributed by atoms with Crippen molar-refractivity contribution in [2.45, 2.75) is 25.9 Å². The summed E-state index contributed by atoms with van der Waals surface area (Å²) < 4.78 is 5.63. The zero-order valence-electron chi connectivity index (χ0n) is 12.9. The average Bonchev–Trinajstić information content (AvgIpc) is 2.95. The summed E-state index contributed by atoms with van der Waals surface area (Å²) in [5, 5.41) is 8.60. The Morgan fingerprint density at radius 1 is 1.32 bits per heavy atom. The molecule has 0 spiro atoms. The molecule has 0 saturated carbocycles. The van der Waals surface area contributed by atoms with Crippen molar-refractivity contribution in [3.05, 3.63) is 42.2 Å². The zero-order valence-corrected chi connectivity index (χ0v) is 12.9. The fourth-order valence-electron chi connectivity index (χ4n) is 2.56. The molecule has 0 atom stereocenters. The first-order chi connectivity index (χ1) is 10.5. The van der Waals surface area contributed by atoms with Crippen LogP contribution in [-0.2, 0) is 16.0 Å². The number of rotatable bonds is 3. The second kappa shape index (κ2) is 5.88. The van der Waals surface area contributed by atoms with Gasteiger partial charge in [0.2, 0.25) is 5.91 Å². The van der Waals surface area contributed by atoms with E-state index in [0.29, 0.717) is 25.4 Å². The Balaban J connectivity index is 1.66. The minimum Gasteiger partial charge on any atom is -0.372 e. The molecule has 116 valence electrons. The molecule has 2 heterocycles. The Morgan fingerprint density at radius 3 is 2.82 bits per heavy atom. The van der Waals surface area contributed by atoms with Crippen LogP contribution in [-0.4, -0.2) is 51.1 Å². The Hall–Kier alpha value is -2.21. The van der Waals surface area contributed by atoms with Gasteiger partial charge in [-0.3, -0.25) is 4.79 Å². The highest BCUT2D eigenvalue weighted by molar-refractivity contribution is 5.78. The number of hydrogen-bond acceptors (Lipinski definition) is 4. The molecular weight excluding hydrogens is 280 g/mol. The predicted octanol–water partition coefficient (Wildman–Crippen LogP) is 1.45. The third kappa shape index (κ3) is 3.33.